The molecule has 3 aliphatic rings. The molecule has 2 aromatic heterocycles. The first kappa shape index (κ1) is 19.5. The second kappa shape index (κ2) is 7.76. The number of benzene rings is 1. The first-order valence-electron chi connectivity index (χ1n) is 11.8. The Morgan fingerprint density at radius 1 is 1.00 bits per heavy atom. The third kappa shape index (κ3) is 3.38. The topological polar surface area (TPSA) is 61.4 Å². The molecule has 32 heavy (non-hydrogen) atoms. The maximum atomic E-state index is 13.3. The van der Waals surface area contributed by atoms with Crippen molar-refractivity contribution in [2.24, 2.45) is 5.92 Å². The lowest BCUT2D eigenvalue weighted by Crippen LogP contribution is -2.58. The normalized spacial score (nSPS) is 26.8. The average molecular weight is 428 g/mol. The van der Waals surface area contributed by atoms with Crippen LogP contribution in [0.1, 0.15) is 31.2 Å². The van der Waals surface area contributed by atoms with Gasteiger partial charge in [-0.15, -0.1) is 0 Å². The Morgan fingerprint density at radius 3 is 2.56 bits per heavy atom. The second-order valence-electron chi connectivity index (χ2n) is 9.61. The van der Waals surface area contributed by atoms with Gasteiger partial charge in [0.15, 0.2) is 0 Å². The standard InChI is InChI=1S/C26H29N5O/c1-17-7-10-25(28-14-17)31-20-8-9-21(31)16-30(15-20)26(32)18-12-19(13-18)29-24-6-2-5-23-22(24)4-3-11-27-23/h2-7,10-11,14,18-21,29H,8-9,12-13,15-16H2,1H3. The summed E-state index contributed by atoms with van der Waals surface area (Å²) in [5.41, 5.74) is 3.30. The van der Waals surface area contributed by atoms with Crippen molar-refractivity contribution < 1.29 is 4.79 Å². The van der Waals surface area contributed by atoms with Crippen molar-refractivity contribution in [3.8, 4) is 0 Å². The van der Waals surface area contributed by atoms with Gasteiger partial charge in [0.25, 0.3) is 0 Å². The minimum atomic E-state index is 0.143. The molecule has 2 bridgehead atoms. The SMILES string of the molecule is Cc1ccc(N2C3CCC2CN(C(=O)C2CC(Nc4cccc5ncccc45)C2)C3)nc1. The molecule has 3 aromatic rings. The van der Waals surface area contributed by atoms with Crippen LogP contribution in [0.2, 0.25) is 0 Å². The maximum Gasteiger partial charge on any atom is 0.225 e. The number of nitrogens with zero attached hydrogens (tertiary/aromatic N) is 4. The molecule has 1 aliphatic carbocycles. The first-order chi connectivity index (χ1) is 15.7. The molecule has 6 nitrogen and oxygen atoms in total. The molecule has 0 spiro atoms. The largest absolute Gasteiger partial charge is 0.382 e. The number of fused-ring (bicyclic) bond motifs is 3. The predicted molar refractivity (Wildman–Crippen MR) is 127 cm³/mol. The van der Waals surface area contributed by atoms with Crippen LogP contribution in [0.25, 0.3) is 10.9 Å². The maximum absolute atomic E-state index is 13.3. The summed E-state index contributed by atoms with van der Waals surface area (Å²) in [5, 5.41) is 4.79. The van der Waals surface area contributed by atoms with Gasteiger partial charge in [0.05, 0.1) is 5.52 Å². The highest BCUT2D eigenvalue weighted by Crippen LogP contribution is 2.38. The van der Waals surface area contributed by atoms with Crippen molar-refractivity contribution in [2.45, 2.75) is 50.7 Å². The van der Waals surface area contributed by atoms with Crippen LogP contribution in [0, 0.1) is 12.8 Å². The van der Waals surface area contributed by atoms with Gasteiger partial charge in [0, 0.05) is 60.6 Å². The number of hydrogen-bond donors (Lipinski definition) is 1. The van der Waals surface area contributed by atoms with Gasteiger partial charge in [0.2, 0.25) is 5.91 Å². The highest BCUT2D eigenvalue weighted by Gasteiger charge is 2.45. The van der Waals surface area contributed by atoms with Gasteiger partial charge in [-0.05, 0) is 68.5 Å². The van der Waals surface area contributed by atoms with E-state index in [2.05, 4.69) is 56.3 Å². The molecule has 6 heteroatoms. The van der Waals surface area contributed by atoms with Crippen LogP contribution < -0.4 is 10.2 Å². The van der Waals surface area contributed by atoms with Gasteiger partial charge < -0.3 is 15.1 Å². The number of aryl methyl sites for hydroxylation is 1. The van der Waals surface area contributed by atoms with Crippen molar-refractivity contribution in [3.63, 3.8) is 0 Å². The average Bonchev–Trinajstić information content (AvgIpc) is 3.05. The van der Waals surface area contributed by atoms with Crippen LogP contribution in [0.5, 0.6) is 0 Å². The summed E-state index contributed by atoms with van der Waals surface area (Å²) in [7, 11) is 0. The van der Waals surface area contributed by atoms with Gasteiger partial charge in [0.1, 0.15) is 5.82 Å². The predicted octanol–water partition coefficient (Wildman–Crippen LogP) is 4.01. The van der Waals surface area contributed by atoms with E-state index >= 15 is 0 Å². The zero-order valence-electron chi connectivity index (χ0n) is 18.4. The Hall–Kier alpha value is -3.15. The molecule has 3 fully saturated rings. The summed E-state index contributed by atoms with van der Waals surface area (Å²) in [5.74, 6) is 1.55. The zero-order valence-corrected chi connectivity index (χ0v) is 18.4. The van der Waals surface area contributed by atoms with Crippen LogP contribution in [0.15, 0.2) is 54.9 Å². The molecule has 0 radical (unpaired) electrons. The van der Waals surface area contributed by atoms with Crippen molar-refractivity contribution in [1.29, 1.82) is 0 Å². The molecular formula is C26H29N5O. The Balaban J connectivity index is 1.08. The number of rotatable bonds is 4. The van der Waals surface area contributed by atoms with E-state index in [1.165, 1.54) is 5.56 Å². The van der Waals surface area contributed by atoms with Crippen LogP contribution in [0.4, 0.5) is 11.5 Å². The smallest absolute Gasteiger partial charge is 0.225 e. The number of amides is 1. The van der Waals surface area contributed by atoms with Crippen molar-refractivity contribution >= 4 is 28.3 Å². The van der Waals surface area contributed by atoms with Gasteiger partial charge in [-0.1, -0.05) is 12.1 Å². The molecule has 1 N–H and O–H groups in total. The summed E-state index contributed by atoms with van der Waals surface area (Å²) < 4.78 is 0. The number of carbonyl (C=O) groups is 1. The van der Waals surface area contributed by atoms with E-state index in [9.17, 15) is 4.79 Å². The van der Waals surface area contributed by atoms with Gasteiger partial charge in [-0.2, -0.15) is 0 Å². The van der Waals surface area contributed by atoms with Gasteiger partial charge >= 0.3 is 0 Å². The van der Waals surface area contributed by atoms with Gasteiger partial charge in [-0.3, -0.25) is 9.78 Å². The molecule has 1 amide bonds. The number of pyridine rings is 2. The van der Waals surface area contributed by atoms with Crippen LogP contribution >= 0.6 is 0 Å². The minimum absolute atomic E-state index is 0.143. The Morgan fingerprint density at radius 2 is 1.81 bits per heavy atom. The highest BCUT2D eigenvalue weighted by atomic mass is 16.2. The summed E-state index contributed by atoms with van der Waals surface area (Å²) in [6.45, 7) is 3.73. The van der Waals surface area contributed by atoms with E-state index in [0.717, 1.165) is 61.2 Å². The number of carbonyl (C=O) groups excluding carboxylic acids is 1. The lowest BCUT2D eigenvalue weighted by Gasteiger charge is -2.45. The van der Waals surface area contributed by atoms with E-state index in [4.69, 9.17) is 0 Å². The van der Waals surface area contributed by atoms with Crippen LogP contribution in [-0.2, 0) is 4.79 Å². The molecule has 2 saturated heterocycles. The fourth-order valence-corrected chi connectivity index (χ4v) is 5.71. The number of anilines is 2. The van der Waals surface area contributed by atoms with Crippen LogP contribution in [0.3, 0.4) is 0 Å². The van der Waals surface area contributed by atoms with E-state index in [1.54, 1.807) is 0 Å². The molecule has 164 valence electrons. The second-order valence-corrected chi connectivity index (χ2v) is 9.61. The lowest BCUT2D eigenvalue weighted by atomic mass is 9.79. The Kier molecular flexibility index (Phi) is 4.74. The molecule has 6 rings (SSSR count). The van der Waals surface area contributed by atoms with Crippen LogP contribution in [-0.4, -0.2) is 52.0 Å². The van der Waals surface area contributed by atoms with Gasteiger partial charge in [-0.25, -0.2) is 4.98 Å². The molecular weight excluding hydrogens is 398 g/mol. The number of piperazine rings is 1. The zero-order chi connectivity index (χ0) is 21.7. The number of likely N-dealkylation sites (tertiary alicyclic amines) is 1. The quantitative estimate of drug-likeness (QED) is 0.682. The van der Waals surface area contributed by atoms with E-state index in [-0.39, 0.29) is 5.92 Å². The summed E-state index contributed by atoms with van der Waals surface area (Å²) >= 11 is 0. The van der Waals surface area contributed by atoms with E-state index in [1.807, 2.05) is 30.6 Å². The monoisotopic (exact) mass is 427 g/mol. The summed E-state index contributed by atoms with van der Waals surface area (Å²) in [6, 6.07) is 15.7. The fraction of sp³-hybridized carbons (Fsp3) is 0.423. The first-order valence-corrected chi connectivity index (χ1v) is 11.8. The molecule has 4 heterocycles. The fourth-order valence-electron chi connectivity index (χ4n) is 5.71. The Bertz CT molecular complexity index is 1120. The third-order valence-corrected chi connectivity index (χ3v) is 7.45. The van der Waals surface area contributed by atoms with Crippen molar-refractivity contribution in [3.05, 3.63) is 60.4 Å². The number of aromatic nitrogens is 2. The van der Waals surface area contributed by atoms with E-state index < -0.39 is 0 Å². The molecule has 1 saturated carbocycles. The molecule has 1 aromatic carbocycles. The summed E-state index contributed by atoms with van der Waals surface area (Å²) in [6.07, 6.45) is 7.88. The molecule has 2 aliphatic heterocycles. The molecule has 2 unspecified atom stereocenters. The number of hydrogen-bond acceptors (Lipinski definition) is 5. The minimum Gasteiger partial charge on any atom is -0.382 e. The lowest BCUT2D eigenvalue weighted by molar-refractivity contribution is -0.139. The van der Waals surface area contributed by atoms with E-state index in [0.29, 0.717) is 24.0 Å². The summed E-state index contributed by atoms with van der Waals surface area (Å²) in [4.78, 5) is 26.9. The third-order valence-electron chi connectivity index (χ3n) is 7.45. The Labute approximate surface area is 188 Å². The number of nitrogens with one attached hydrogen (secondary N) is 1. The van der Waals surface area contributed by atoms with Crippen molar-refractivity contribution in [1.82, 2.24) is 14.9 Å². The highest BCUT2D eigenvalue weighted by molar-refractivity contribution is 5.91. The van der Waals surface area contributed by atoms with Crippen molar-refractivity contribution in [2.75, 3.05) is 23.3 Å². The molecule has 2 atom stereocenters.